The van der Waals surface area contributed by atoms with E-state index >= 15 is 0 Å². The average Bonchev–Trinajstić information content (AvgIpc) is 3.00. The van der Waals surface area contributed by atoms with Gasteiger partial charge in [0.1, 0.15) is 0 Å². The molecule has 1 aliphatic carbocycles. The van der Waals surface area contributed by atoms with Crippen LogP contribution in [-0.2, 0) is 19.4 Å². The molecule has 25 heavy (non-hydrogen) atoms. The van der Waals surface area contributed by atoms with Crippen molar-refractivity contribution in [3.8, 4) is 11.5 Å². The zero-order chi connectivity index (χ0) is 17.4. The second kappa shape index (κ2) is 6.16. The molecule has 0 aliphatic heterocycles. The number of phenols is 2. The molecule has 4 rings (SSSR count). The zero-order valence-corrected chi connectivity index (χ0v) is 13.8. The van der Waals surface area contributed by atoms with Gasteiger partial charge >= 0.3 is 0 Å². The van der Waals surface area contributed by atoms with Gasteiger partial charge in [0.2, 0.25) is 0 Å². The van der Waals surface area contributed by atoms with Crippen LogP contribution in [0.4, 0.5) is 0 Å². The molecule has 0 saturated heterocycles. The summed E-state index contributed by atoms with van der Waals surface area (Å²) in [5.41, 5.74) is 5.09. The Kier molecular flexibility index (Phi) is 3.84. The number of amides is 1. The summed E-state index contributed by atoms with van der Waals surface area (Å²) in [4.78, 5) is 15.9. The topological polar surface area (TPSA) is 85.3 Å². The molecular formula is C20H20N2O3. The Morgan fingerprint density at radius 1 is 1.04 bits per heavy atom. The first-order chi connectivity index (χ1) is 12.1. The first-order valence-corrected chi connectivity index (χ1v) is 8.54. The van der Waals surface area contributed by atoms with Gasteiger partial charge in [-0.05, 0) is 67.1 Å². The minimum atomic E-state index is -0.188. The molecule has 0 fully saturated rings. The number of hydrogen-bond donors (Lipinski definition) is 4. The number of fused-ring (bicyclic) bond motifs is 3. The quantitative estimate of drug-likeness (QED) is 0.553. The van der Waals surface area contributed by atoms with Crippen molar-refractivity contribution in [1.29, 1.82) is 0 Å². The highest BCUT2D eigenvalue weighted by Crippen LogP contribution is 2.30. The summed E-state index contributed by atoms with van der Waals surface area (Å²) >= 11 is 0. The molecular weight excluding hydrogens is 316 g/mol. The number of rotatable bonds is 3. The lowest BCUT2D eigenvalue weighted by atomic mass is 9.95. The van der Waals surface area contributed by atoms with Crippen LogP contribution in [0, 0.1) is 0 Å². The lowest BCUT2D eigenvalue weighted by molar-refractivity contribution is 0.0951. The van der Waals surface area contributed by atoms with Gasteiger partial charge in [0.25, 0.3) is 5.91 Å². The van der Waals surface area contributed by atoms with Crippen LogP contribution < -0.4 is 5.32 Å². The van der Waals surface area contributed by atoms with Crippen LogP contribution in [0.1, 0.15) is 40.0 Å². The molecule has 0 atom stereocenters. The maximum Gasteiger partial charge on any atom is 0.251 e. The number of carbonyl (C=O) groups is 1. The normalized spacial score (nSPS) is 13.6. The third-order valence-electron chi connectivity index (χ3n) is 4.85. The van der Waals surface area contributed by atoms with Gasteiger partial charge in [0.15, 0.2) is 11.5 Å². The monoisotopic (exact) mass is 336 g/mol. The lowest BCUT2D eigenvalue weighted by Gasteiger charge is -2.10. The van der Waals surface area contributed by atoms with Crippen molar-refractivity contribution in [1.82, 2.24) is 10.3 Å². The summed E-state index contributed by atoms with van der Waals surface area (Å²) in [6, 6.07) is 10.3. The van der Waals surface area contributed by atoms with Crippen molar-refractivity contribution < 1.29 is 15.0 Å². The van der Waals surface area contributed by atoms with Crippen molar-refractivity contribution in [3.63, 3.8) is 0 Å². The SMILES string of the molecule is O=C(NCc1ccc(O)c(O)c1)c1ccc2[nH]c3c(c2c1)CCCC3. The Hall–Kier alpha value is -2.95. The summed E-state index contributed by atoms with van der Waals surface area (Å²) in [7, 11) is 0. The first-order valence-electron chi connectivity index (χ1n) is 8.54. The van der Waals surface area contributed by atoms with E-state index in [4.69, 9.17) is 0 Å². The molecule has 1 aromatic heterocycles. The fourth-order valence-corrected chi connectivity index (χ4v) is 3.51. The van der Waals surface area contributed by atoms with Crippen LogP contribution in [0.5, 0.6) is 11.5 Å². The van der Waals surface area contributed by atoms with Gasteiger partial charge in [-0.15, -0.1) is 0 Å². The van der Waals surface area contributed by atoms with Gasteiger partial charge in [-0.1, -0.05) is 6.07 Å². The molecule has 5 heteroatoms. The molecule has 1 amide bonds. The molecule has 4 N–H and O–H groups in total. The van der Waals surface area contributed by atoms with Crippen LogP contribution in [0.25, 0.3) is 10.9 Å². The number of hydrogen-bond acceptors (Lipinski definition) is 3. The van der Waals surface area contributed by atoms with Crippen molar-refractivity contribution in [2.75, 3.05) is 0 Å². The number of aromatic nitrogens is 1. The Morgan fingerprint density at radius 3 is 2.72 bits per heavy atom. The number of phenolic OH excluding ortho intramolecular Hbond substituents is 2. The zero-order valence-electron chi connectivity index (χ0n) is 13.8. The third kappa shape index (κ3) is 2.93. The summed E-state index contributed by atoms with van der Waals surface area (Å²) in [5.74, 6) is -0.509. The molecule has 1 aliphatic rings. The number of aromatic hydroxyl groups is 2. The van der Waals surface area contributed by atoms with E-state index in [0.717, 1.165) is 29.3 Å². The number of H-pyrrole nitrogens is 1. The number of benzene rings is 2. The van der Waals surface area contributed by atoms with E-state index in [-0.39, 0.29) is 24.0 Å². The van der Waals surface area contributed by atoms with E-state index < -0.39 is 0 Å². The second-order valence-electron chi connectivity index (χ2n) is 6.56. The summed E-state index contributed by atoms with van der Waals surface area (Å²) in [6.07, 6.45) is 4.55. The Labute approximate surface area is 145 Å². The Balaban J connectivity index is 1.54. The van der Waals surface area contributed by atoms with Crippen LogP contribution in [0.2, 0.25) is 0 Å². The Bertz CT molecular complexity index is 959. The van der Waals surface area contributed by atoms with Gasteiger partial charge in [-0.2, -0.15) is 0 Å². The standard InChI is InChI=1S/C20H20N2O3/c23-18-8-5-12(9-19(18)24)11-21-20(25)13-6-7-17-15(10-13)14-3-1-2-4-16(14)22-17/h5-10,22-24H,1-4,11H2,(H,21,25). The number of aromatic amines is 1. The van der Waals surface area contributed by atoms with Crippen LogP contribution in [-0.4, -0.2) is 21.1 Å². The fraction of sp³-hybridized carbons (Fsp3) is 0.250. The van der Waals surface area contributed by atoms with Gasteiger partial charge in [-0.25, -0.2) is 0 Å². The van der Waals surface area contributed by atoms with Crippen LogP contribution in [0.15, 0.2) is 36.4 Å². The van der Waals surface area contributed by atoms with E-state index in [0.29, 0.717) is 5.56 Å². The minimum absolute atomic E-state index is 0.153. The van der Waals surface area contributed by atoms with Crippen molar-refractivity contribution >= 4 is 16.8 Å². The minimum Gasteiger partial charge on any atom is -0.504 e. The molecule has 0 radical (unpaired) electrons. The van der Waals surface area contributed by atoms with E-state index in [9.17, 15) is 15.0 Å². The predicted octanol–water partition coefficient (Wildman–Crippen LogP) is 3.39. The third-order valence-corrected chi connectivity index (χ3v) is 4.85. The molecule has 128 valence electrons. The van der Waals surface area contributed by atoms with Crippen LogP contribution >= 0.6 is 0 Å². The molecule has 0 saturated carbocycles. The predicted molar refractivity (Wildman–Crippen MR) is 95.9 cm³/mol. The first kappa shape index (κ1) is 15.6. The maximum absolute atomic E-state index is 12.5. The van der Waals surface area contributed by atoms with Crippen molar-refractivity contribution in [2.45, 2.75) is 32.2 Å². The van der Waals surface area contributed by atoms with Gasteiger partial charge in [-0.3, -0.25) is 4.79 Å². The summed E-state index contributed by atoms with van der Waals surface area (Å²) in [5, 5.41) is 22.9. The summed E-state index contributed by atoms with van der Waals surface area (Å²) in [6.45, 7) is 0.288. The second-order valence-corrected chi connectivity index (χ2v) is 6.56. The fourth-order valence-electron chi connectivity index (χ4n) is 3.51. The molecule has 1 heterocycles. The molecule has 2 aromatic carbocycles. The average molecular weight is 336 g/mol. The highest BCUT2D eigenvalue weighted by atomic mass is 16.3. The molecule has 0 bridgehead atoms. The number of nitrogens with one attached hydrogen (secondary N) is 2. The largest absolute Gasteiger partial charge is 0.504 e. The van der Waals surface area contributed by atoms with Gasteiger partial charge in [0, 0.05) is 28.7 Å². The number of carbonyl (C=O) groups excluding carboxylic acids is 1. The molecule has 0 unspecified atom stereocenters. The maximum atomic E-state index is 12.5. The summed E-state index contributed by atoms with van der Waals surface area (Å²) < 4.78 is 0. The van der Waals surface area contributed by atoms with E-state index in [1.165, 1.54) is 36.2 Å². The molecule has 0 spiro atoms. The Morgan fingerprint density at radius 2 is 1.88 bits per heavy atom. The lowest BCUT2D eigenvalue weighted by Crippen LogP contribution is -2.22. The highest BCUT2D eigenvalue weighted by Gasteiger charge is 2.16. The van der Waals surface area contributed by atoms with E-state index in [1.54, 1.807) is 6.07 Å². The van der Waals surface area contributed by atoms with E-state index in [2.05, 4.69) is 10.3 Å². The molecule has 5 nitrogen and oxygen atoms in total. The highest BCUT2D eigenvalue weighted by molar-refractivity contribution is 5.99. The van der Waals surface area contributed by atoms with Gasteiger partial charge in [0.05, 0.1) is 0 Å². The van der Waals surface area contributed by atoms with E-state index in [1.807, 2.05) is 18.2 Å². The number of aryl methyl sites for hydroxylation is 2. The van der Waals surface area contributed by atoms with Gasteiger partial charge < -0.3 is 20.5 Å². The molecule has 3 aromatic rings. The smallest absolute Gasteiger partial charge is 0.251 e. The van der Waals surface area contributed by atoms with Crippen molar-refractivity contribution in [2.24, 2.45) is 0 Å². The van der Waals surface area contributed by atoms with Crippen LogP contribution in [0.3, 0.4) is 0 Å². The van der Waals surface area contributed by atoms with Crippen molar-refractivity contribution in [3.05, 3.63) is 58.8 Å².